The molecule has 15 heteroatoms. The van der Waals surface area contributed by atoms with Gasteiger partial charge < -0.3 is 35.2 Å². The summed E-state index contributed by atoms with van der Waals surface area (Å²) < 4.78 is 11.1. The van der Waals surface area contributed by atoms with Crippen LogP contribution in [0.15, 0.2) is 48.5 Å². The van der Waals surface area contributed by atoms with Crippen molar-refractivity contribution in [1.82, 2.24) is 15.3 Å². The molecule has 4 aromatic rings. The molecular weight excluding hydrogens is 732 g/mol. The highest BCUT2D eigenvalue weighted by molar-refractivity contribution is 6.41. The number of benzene rings is 2. The Balaban J connectivity index is 1.64. The lowest BCUT2D eigenvalue weighted by Gasteiger charge is -2.17. The molecule has 2 heterocycles. The van der Waals surface area contributed by atoms with Gasteiger partial charge >= 0.3 is 11.9 Å². The Labute approximate surface area is 308 Å². The van der Waals surface area contributed by atoms with Gasteiger partial charge in [0.1, 0.15) is 0 Å². The molecule has 4 rings (SSSR count). The summed E-state index contributed by atoms with van der Waals surface area (Å²) >= 11 is 27.5. The third-order valence-electron chi connectivity index (χ3n) is 7.71. The highest BCUT2D eigenvalue weighted by Crippen LogP contribution is 2.45. The van der Waals surface area contributed by atoms with Gasteiger partial charge in [0, 0.05) is 46.5 Å². The number of pyridine rings is 2. The molecule has 0 bridgehead atoms. The van der Waals surface area contributed by atoms with E-state index in [4.69, 9.17) is 66.1 Å². The molecule has 266 valence electrons. The van der Waals surface area contributed by atoms with Crippen molar-refractivity contribution >= 4 is 58.3 Å². The van der Waals surface area contributed by atoms with Crippen LogP contribution < -0.4 is 14.8 Å². The number of rotatable bonds is 17. The normalized spacial score (nSPS) is 12.4. The van der Waals surface area contributed by atoms with Gasteiger partial charge in [-0.05, 0) is 31.4 Å². The molecule has 0 saturated heterocycles. The summed E-state index contributed by atoms with van der Waals surface area (Å²) in [7, 11) is 2.94. The van der Waals surface area contributed by atoms with E-state index in [1.807, 2.05) is 6.07 Å². The lowest BCUT2D eigenvalue weighted by molar-refractivity contribution is -0.140. The Morgan fingerprint density at radius 3 is 1.70 bits per heavy atom. The maximum atomic E-state index is 10.9. The van der Waals surface area contributed by atoms with Gasteiger partial charge in [-0.25, -0.2) is 9.97 Å². The molecule has 0 radical (unpaired) electrons. The number of nitrogens with zero attached hydrogens (tertiary/aromatic N) is 2. The van der Waals surface area contributed by atoms with Crippen molar-refractivity contribution in [3.8, 4) is 45.4 Å². The lowest BCUT2D eigenvalue weighted by Crippen LogP contribution is -2.28. The Kier molecular flexibility index (Phi) is 14.1. The molecule has 0 fully saturated rings. The Hall–Kier alpha value is -3.68. The fourth-order valence-corrected chi connectivity index (χ4v) is 6.57. The summed E-state index contributed by atoms with van der Waals surface area (Å²) in [6, 6.07) is 14.1. The number of hydrogen-bond acceptors (Lipinski definition) is 9. The Bertz CT molecular complexity index is 1730. The van der Waals surface area contributed by atoms with Crippen LogP contribution in [0.3, 0.4) is 0 Å². The SMILES string of the molecule is COc1nc(-c2cccc(-c3cccc(-c4nc(OC)c(CNC[C@@H](O)CC(=O)O)cc4Cl)c3Cl)c2Cl)c(Cl)cc1CCC[C@@H](O)CC(=O)O. The number of aryl methyl sites for hydroxylation is 1. The molecule has 0 aliphatic rings. The summed E-state index contributed by atoms with van der Waals surface area (Å²) in [6.07, 6.45) is -1.50. The number of hydrogen-bond donors (Lipinski definition) is 5. The minimum absolute atomic E-state index is 0.0430. The van der Waals surface area contributed by atoms with Crippen LogP contribution in [0.2, 0.25) is 20.1 Å². The summed E-state index contributed by atoms with van der Waals surface area (Å²) in [5.74, 6) is -1.58. The molecular formula is C35H35Cl4N3O8. The van der Waals surface area contributed by atoms with E-state index in [0.29, 0.717) is 85.0 Å². The molecule has 0 spiro atoms. The zero-order chi connectivity index (χ0) is 36.5. The topological polar surface area (TPSA) is 171 Å². The van der Waals surface area contributed by atoms with E-state index in [-0.39, 0.29) is 36.8 Å². The van der Waals surface area contributed by atoms with Gasteiger partial charge in [-0.1, -0.05) is 82.8 Å². The number of carbonyl (C=O) groups is 2. The Morgan fingerprint density at radius 1 is 0.740 bits per heavy atom. The quantitative estimate of drug-likeness (QED) is 0.0737. The van der Waals surface area contributed by atoms with Crippen molar-refractivity contribution in [3.05, 3.63) is 79.7 Å². The van der Waals surface area contributed by atoms with Crippen molar-refractivity contribution in [2.45, 2.75) is 50.9 Å². The second-order valence-electron chi connectivity index (χ2n) is 11.3. The summed E-state index contributed by atoms with van der Waals surface area (Å²) in [4.78, 5) is 31.0. The fraction of sp³-hybridized carbons (Fsp3) is 0.314. The van der Waals surface area contributed by atoms with Gasteiger partial charge in [0.05, 0.1) is 70.7 Å². The molecule has 0 amide bonds. The predicted octanol–water partition coefficient (Wildman–Crippen LogP) is 7.19. The number of aliphatic carboxylic acids is 2. The molecule has 0 saturated carbocycles. The number of halogens is 4. The smallest absolute Gasteiger partial charge is 0.306 e. The van der Waals surface area contributed by atoms with E-state index >= 15 is 0 Å². The molecule has 0 aliphatic carbocycles. The largest absolute Gasteiger partial charge is 0.481 e. The molecule has 2 aromatic heterocycles. The van der Waals surface area contributed by atoms with Crippen LogP contribution in [0.5, 0.6) is 11.8 Å². The van der Waals surface area contributed by atoms with E-state index in [1.54, 1.807) is 42.5 Å². The van der Waals surface area contributed by atoms with Crippen molar-refractivity contribution in [2.24, 2.45) is 0 Å². The zero-order valence-corrected chi connectivity index (χ0v) is 30.1. The number of aliphatic hydroxyl groups excluding tert-OH is 2. The first kappa shape index (κ1) is 39.1. The van der Waals surface area contributed by atoms with Gasteiger partial charge in [-0.2, -0.15) is 0 Å². The number of ether oxygens (including phenoxy) is 2. The lowest BCUT2D eigenvalue weighted by atomic mass is 9.97. The molecule has 2 atom stereocenters. The van der Waals surface area contributed by atoms with Gasteiger partial charge in [-0.15, -0.1) is 0 Å². The summed E-state index contributed by atoms with van der Waals surface area (Å²) in [5.41, 5.74) is 4.25. The van der Waals surface area contributed by atoms with Crippen LogP contribution >= 0.6 is 46.4 Å². The van der Waals surface area contributed by atoms with Crippen LogP contribution in [0.1, 0.15) is 36.8 Å². The molecule has 11 nitrogen and oxygen atoms in total. The second-order valence-corrected chi connectivity index (χ2v) is 12.9. The minimum atomic E-state index is -1.10. The number of carboxylic acids is 2. The maximum Gasteiger partial charge on any atom is 0.306 e. The number of methoxy groups -OCH3 is 2. The van der Waals surface area contributed by atoms with E-state index in [9.17, 15) is 19.8 Å². The standard InChI is InChI=1S/C35H35Cl4N3O8/c1-49-34-18(6-3-7-20(43)14-28(45)46)12-26(36)32(41-34)24-10-4-8-22(30(24)38)23-9-5-11-25(31(23)39)33-27(37)13-19(35(42-33)50-2)16-40-17-21(44)15-29(47)48/h4-5,8-13,20-21,40,43-44H,3,6-7,14-17H2,1-2H3,(H,45,46)(H,47,48)/t20-,21+/m1/s1. The Morgan fingerprint density at radius 2 is 1.20 bits per heavy atom. The van der Waals surface area contributed by atoms with Gasteiger partial charge in [0.2, 0.25) is 11.8 Å². The second kappa shape index (κ2) is 18.0. The third-order valence-corrected chi connectivity index (χ3v) is 9.10. The number of carboxylic acid groups (broad SMARTS) is 2. The van der Waals surface area contributed by atoms with E-state index in [2.05, 4.69) is 15.3 Å². The van der Waals surface area contributed by atoms with Crippen molar-refractivity contribution in [2.75, 3.05) is 20.8 Å². The van der Waals surface area contributed by atoms with E-state index < -0.39 is 24.1 Å². The first-order chi connectivity index (χ1) is 23.8. The first-order valence-corrected chi connectivity index (χ1v) is 16.9. The van der Waals surface area contributed by atoms with Gasteiger partial charge in [0.25, 0.3) is 0 Å². The third kappa shape index (κ3) is 9.76. The molecule has 2 aromatic carbocycles. The van der Waals surface area contributed by atoms with Crippen molar-refractivity contribution in [3.63, 3.8) is 0 Å². The molecule has 50 heavy (non-hydrogen) atoms. The monoisotopic (exact) mass is 765 g/mol. The summed E-state index contributed by atoms with van der Waals surface area (Å²) in [5, 5.41) is 41.8. The molecule has 0 aliphatic heterocycles. The van der Waals surface area contributed by atoms with E-state index in [1.165, 1.54) is 14.2 Å². The van der Waals surface area contributed by atoms with E-state index in [0.717, 1.165) is 0 Å². The van der Waals surface area contributed by atoms with Crippen molar-refractivity contribution in [1.29, 1.82) is 0 Å². The highest BCUT2D eigenvalue weighted by Gasteiger charge is 2.22. The number of aliphatic hydroxyl groups is 2. The average molecular weight is 767 g/mol. The minimum Gasteiger partial charge on any atom is -0.481 e. The number of aromatic nitrogens is 2. The first-order valence-electron chi connectivity index (χ1n) is 15.4. The van der Waals surface area contributed by atoms with Gasteiger partial charge in [-0.3, -0.25) is 9.59 Å². The van der Waals surface area contributed by atoms with Crippen LogP contribution in [0.25, 0.3) is 33.6 Å². The van der Waals surface area contributed by atoms with Gasteiger partial charge in [0.15, 0.2) is 0 Å². The van der Waals surface area contributed by atoms with Crippen LogP contribution in [-0.2, 0) is 22.6 Å². The number of nitrogens with one attached hydrogen (secondary N) is 1. The summed E-state index contributed by atoms with van der Waals surface area (Å²) in [6.45, 7) is 0.253. The van der Waals surface area contributed by atoms with Crippen LogP contribution in [0.4, 0.5) is 0 Å². The predicted molar refractivity (Wildman–Crippen MR) is 193 cm³/mol. The van der Waals surface area contributed by atoms with Crippen molar-refractivity contribution < 1.29 is 39.5 Å². The average Bonchev–Trinajstić information content (AvgIpc) is 3.05. The molecule has 5 N–H and O–H groups in total. The van der Waals surface area contributed by atoms with Crippen LogP contribution in [0, 0.1) is 0 Å². The fourth-order valence-electron chi connectivity index (χ4n) is 5.38. The zero-order valence-electron chi connectivity index (χ0n) is 27.1. The maximum absolute atomic E-state index is 10.9. The van der Waals surface area contributed by atoms with Crippen LogP contribution in [-0.4, -0.2) is 75.3 Å². The highest BCUT2D eigenvalue weighted by atomic mass is 35.5. The molecule has 0 unspecified atom stereocenters.